The van der Waals surface area contributed by atoms with E-state index in [1.54, 1.807) is 18.0 Å². The van der Waals surface area contributed by atoms with Crippen molar-refractivity contribution < 1.29 is 33.3 Å². The maximum absolute atomic E-state index is 13.2. The lowest BCUT2D eigenvalue weighted by Gasteiger charge is -2.55. The van der Waals surface area contributed by atoms with E-state index in [1.165, 1.54) is 24.1 Å². The number of aliphatic carboxylic acids is 1. The molecule has 11 heteroatoms. The average Bonchev–Trinajstić information content (AvgIpc) is 2.74. The van der Waals surface area contributed by atoms with Crippen LogP contribution in [0.5, 0.6) is 5.88 Å². The van der Waals surface area contributed by atoms with E-state index in [1.807, 2.05) is 32.0 Å². The van der Waals surface area contributed by atoms with Crippen LogP contribution in [0.25, 0.3) is 0 Å². The van der Waals surface area contributed by atoms with E-state index in [0.29, 0.717) is 5.69 Å². The summed E-state index contributed by atoms with van der Waals surface area (Å²) in [6, 6.07) is 9.02. The molecule has 0 spiro atoms. The van der Waals surface area contributed by atoms with Gasteiger partial charge in [0.25, 0.3) is 0 Å². The molecular formula is C25H32F2N4O5. The van der Waals surface area contributed by atoms with Gasteiger partial charge in [-0.3, -0.25) is 9.80 Å². The van der Waals surface area contributed by atoms with E-state index in [-0.39, 0.29) is 31.1 Å². The number of aryl methyl sites for hydroxylation is 1. The zero-order valence-corrected chi connectivity index (χ0v) is 20.7. The molecule has 1 aromatic carbocycles. The third-order valence-electron chi connectivity index (χ3n) is 6.35. The number of carboxylic acids is 1. The molecule has 3 rings (SSSR count). The first kappa shape index (κ1) is 27.3. The number of amides is 1. The third-order valence-corrected chi connectivity index (χ3v) is 6.35. The number of halogens is 2. The van der Waals surface area contributed by atoms with Gasteiger partial charge >= 0.3 is 12.6 Å². The predicted octanol–water partition coefficient (Wildman–Crippen LogP) is 2.80. The number of hydrazine groups is 1. The molecule has 1 saturated heterocycles. The Kier molecular flexibility index (Phi) is 8.15. The Morgan fingerprint density at radius 1 is 1.19 bits per heavy atom. The van der Waals surface area contributed by atoms with E-state index in [0.717, 1.165) is 11.1 Å². The molecule has 2 aromatic rings. The second-order valence-corrected chi connectivity index (χ2v) is 9.45. The predicted molar refractivity (Wildman–Crippen MR) is 129 cm³/mol. The molecule has 1 aliphatic heterocycles. The van der Waals surface area contributed by atoms with Crippen molar-refractivity contribution in [3.63, 3.8) is 0 Å². The summed E-state index contributed by atoms with van der Waals surface area (Å²) in [4.78, 5) is 29.2. The molecule has 2 atom stereocenters. The quantitative estimate of drug-likeness (QED) is 0.424. The number of aliphatic hydroxyl groups excluding tert-OH is 1. The van der Waals surface area contributed by atoms with Gasteiger partial charge in [0.2, 0.25) is 11.8 Å². The van der Waals surface area contributed by atoms with Gasteiger partial charge in [-0.05, 0) is 43.0 Å². The Morgan fingerprint density at radius 2 is 1.83 bits per heavy atom. The lowest BCUT2D eigenvalue weighted by atomic mass is 9.70. The van der Waals surface area contributed by atoms with Crippen molar-refractivity contribution in [1.29, 1.82) is 0 Å². The summed E-state index contributed by atoms with van der Waals surface area (Å²) in [7, 11) is 0. The van der Waals surface area contributed by atoms with Crippen LogP contribution in [0, 0.1) is 6.92 Å². The van der Waals surface area contributed by atoms with Crippen LogP contribution in [0.3, 0.4) is 0 Å². The first-order chi connectivity index (χ1) is 16.9. The fourth-order valence-electron chi connectivity index (χ4n) is 4.64. The van der Waals surface area contributed by atoms with Gasteiger partial charge in [-0.1, -0.05) is 38.1 Å². The minimum Gasteiger partial charge on any atom is -0.480 e. The van der Waals surface area contributed by atoms with Crippen molar-refractivity contribution in [2.45, 2.75) is 64.2 Å². The number of aromatic nitrogens is 1. The summed E-state index contributed by atoms with van der Waals surface area (Å²) in [6.45, 7) is 3.80. The first-order valence-corrected chi connectivity index (χ1v) is 11.6. The summed E-state index contributed by atoms with van der Waals surface area (Å²) in [5.74, 6) is -2.24. The van der Waals surface area contributed by atoms with Gasteiger partial charge in [-0.25, -0.2) is 14.8 Å². The molecule has 0 radical (unpaired) electrons. The van der Waals surface area contributed by atoms with Gasteiger partial charge in [0.05, 0.1) is 6.10 Å². The second kappa shape index (κ2) is 10.8. The highest BCUT2D eigenvalue weighted by atomic mass is 19.3. The van der Waals surface area contributed by atoms with Crippen LogP contribution < -0.4 is 15.5 Å². The number of primary amides is 1. The van der Waals surface area contributed by atoms with E-state index in [9.17, 15) is 28.6 Å². The Hall–Kier alpha value is -3.31. The number of nitrogens with two attached hydrogens (primary N) is 1. The molecule has 36 heavy (non-hydrogen) atoms. The minimum atomic E-state index is -3.20. The van der Waals surface area contributed by atoms with Crippen molar-refractivity contribution in [1.82, 2.24) is 9.99 Å². The lowest BCUT2D eigenvalue weighted by Crippen LogP contribution is -2.72. The maximum atomic E-state index is 13.2. The molecule has 1 aliphatic rings. The van der Waals surface area contributed by atoms with Gasteiger partial charge in [-0.2, -0.15) is 8.78 Å². The molecule has 1 aromatic heterocycles. The fraction of sp³-hybridized carbons (Fsp3) is 0.480. The molecule has 0 bridgehead atoms. The third kappa shape index (κ3) is 5.41. The second-order valence-electron chi connectivity index (χ2n) is 9.45. The Morgan fingerprint density at radius 3 is 2.36 bits per heavy atom. The molecule has 2 heterocycles. The number of carboxylic acid groups (broad SMARTS) is 1. The van der Waals surface area contributed by atoms with E-state index in [2.05, 4.69) is 9.72 Å². The molecule has 0 unspecified atom stereocenters. The van der Waals surface area contributed by atoms with Crippen molar-refractivity contribution >= 4 is 17.6 Å². The number of benzene rings is 1. The summed E-state index contributed by atoms with van der Waals surface area (Å²) in [6.07, 6.45) is -1.24. The van der Waals surface area contributed by atoms with Crippen molar-refractivity contribution in [3.8, 4) is 5.88 Å². The number of pyridine rings is 1. The number of hydrogen-bond acceptors (Lipinski definition) is 7. The summed E-state index contributed by atoms with van der Waals surface area (Å²) < 4.78 is 31.1. The largest absolute Gasteiger partial charge is 0.480 e. The smallest absolute Gasteiger partial charge is 0.388 e. The van der Waals surface area contributed by atoms with Crippen LogP contribution in [0.4, 0.5) is 14.5 Å². The van der Waals surface area contributed by atoms with E-state index < -0.39 is 41.9 Å². The SMILES string of the molecule is Cc1ccc(N([C@@H](C[C@H](C)O)C(=O)O)N2CC(C(N)=O)(c3ccccc3C(C)C)C2)c(OC(F)F)n1. The van der Waals surface area contributed by atoms with Gasteiger partial charge in [0, 0.05) is 25.2 Å². The topological polar surface area (TPSA) is 129 Å². The average molecular weight is 507 g/mol. The molecule has 196 valence electrons. The first-order valence-electron chi connectivity index (χ1n) is 11.6. The summed E-state index contributed by atoms with van der Waals surface area (Å²) in [5, 5.41) is 22.9. The van der Waals surface area contributed by atoms with Gasteiger partial charge in [0.15, 0.2) is 0 Å². The molecule has 4 N–H and O–H groups in total. The zero-order chi connectivity index (χ0) is 26.8. The molecule has 1 amide bonds. The summed E-state index contributed by atoms with van der Waals surface area (Å²) >= 11 is 0. The number of hydrogen-bond donors (Lipinski definition) is 3. The number of alkyl halides is 2. The molecule has 1 fully saturated rings. The number of rotatable bonds is 11. The highest BCUT2D eigenvalue weighted by Crippen LogP contribution is 2.43. The minimum absolute atomic E-state index is 0.00233. The number of anilines is 1. The van der Waals surface area contributed by atoms with Gasteiger partial charge < -0.3 is 20.7 Å². The van der Waals surface area contributed by atoms with Crippen LogP contribution in [-0.2, 0) is 15.0 Å². The normalized spacial score (nSPS) is 16.9. The molecule has 0 aliphatic carbocycles. The molecular weight excluding hydrogens is 474 g/mol. The number of carbonyl (C=O) groups is 2. The van der Waals surface area contributed by atoms with Crippen molar-refractivity contribution in [3.05, 3.63) is 53.2 Å². The Labute approximate surface area is 208 Å². The standard InChI is InChI=1S/C25H32F2N4O5/c1-14(2)17-7-5-6-8-18(17)25(23(28)35)12-30(13-25)31(20(22(33)34)11-16(4)32)19-10-9-15(3)29-21(19)36-24(26)27/h5-10,14,16,20,24,32H,11-13H2,1-4H3,(H2,28,35)(H,33,34)/t16-,20-/m0/s1. The van der Waals surface area contributed by atoms with Gasteiger partial charge in [-0.15, -0.1) is 0 Å². The lowest BCUT2D eigenvalue weighted by molar-refractivity contribution is -0.142. The van der Waals surface area contributed by atoms with Crippen LogP contribution >= 0.6 is 0 Å². The highest BCUT2D eigenvalue weighted by Gasteiger charge is 2.54. The highest BCUT2D eigenvalue weighted by molar-refractivity contribution is 5.89. The number of nitrogens with zero attached hydrogens (tertiary/aromatic N) is 3. The van der Waals surface area contributed by atoms with Crippen LogP contribution in [0.1, 0.15) is 49.9 Å². The van der Waals surface area contributed by atoms with Crippen molar-refractivity contribution in [2.24, 2.45) is 5.73 Å². The van der Waals surface area contributed by atoms with Crippen molar-refractivity contribution in [2.75, 3.05) is 18.1 Å². The monoisotopic (exact) mass is 506 g/mol. The van der Waals surface area contributed by atoms with E-state index in [4.69, 9.17) is 5.73 Å². The zero-order valence-electron chi connectivity index (χ0n) is 20.7. The fourth-order valence-corrected chi connectivity index (χ4v) is 4.64. The number of ether oxygens (including phenoxy) is 1. The number of carbonyl (C=O) groups excluding carboxylic acids is 1. The van der Waals surface area contributed by atoms with Crippen LogP contribution in [0.2, 0.25) is 0 Å². The number of aliphatic hydroxyl groups is 1. The van der Waals surface area contributed by atoms with Crippen LogP contribution in [-0.4, -0.2) is 63.9 Å². The van der Waals surface area contributed by atoms with Gasteiger partial charge in [0.1, 0.15) is 17.1 Å². The molecule has 0 saturated carbocycles. The Balaban J connectivity index is 2.11. The van der Waals surface area contributed by atoms with E-state index >= 15 is 0 Å². The van der Waals surface area contributed by atoms with Crippen LogP contribution in [0.15, 0.2) is 36.4 Å². The maximum Gasteiger partial charge on any atom is 0.388 e. The summed E-state index contributed by atoms with van der Waals surface area (Å²) in [5.41, 5.74) is 6.79. The Bertz CT molecular complexity index is 1110. The molecule has 9 nitrogen and oxygen atoms in total.